The van der Waals surface area contributed by atoms with Gasteiger partial charge in [0.15, 0.2) is 0 Å². The van der Waals surface area contributed by atoms with Crippen LogP contribution in [0.4, 0.5) is 0 Å². The van der Waals surface area contributed by atoms with Gasteiger partial charge in [-0.15, -0.1) is 11.3 Å². The molecule has 0 bridgehead atoms. The summed E-state index contributed by atoms with van der Waals surface area (Å²) in [6, 6.07) is 0. The van der Waals surface area contributed by atoms with Crippen molar-refractivity contribution in [2.45, 2.75) is 12.2 Å². The van der Waals surface area contributed by atoms with Gasteiger partial charge in [0.25, 0.3) is 0 Å². The van der Waals surface area contributed by atoms with E-state index in [1.165, 1.54) is 5.38 Å². The number of carbonyl (C=O) groups is 1. The van der Waals surface area contributed by atoms with Gasteiger partial charge in [-0.2, -0.15) is 0 Å². The molecule has 0 unspecified atom stereocenters. The third kappa shape index (κ3) is 3.81. The van der Waals surface area contributed by atoms with E-state index in [0.717, 1.165) is 11.3 Å². The first-order chi connectivity index (χ1) is 6.37. The standard InChI is InChI=1S/C6H8N2O4S2/c7-14(11,12)3-5-8-4(2-13-5)1-6(9)10/h2H,1,3H2,(H,9,10)(H2,7,11,12). The third-order valence-corrected chi connectivity index (χ3v) is 3.01. The number of carboxylic acid groups (broad SMARTS) is 1. The summed E-state index contributed by atoms with van der Waals surface area (Å²) in [4.78, 5) is 14.1. The first kappa shape index (κ1) is 11.1. The molecule has 0 aliphatic rings. The van der Waals surface area contributed by atoms with Crippen molar-refractivity contribution in [3.05, 3.63) is 16.1 Å². The van der Waals surface area contributed by atoms with Gasteiger partial charge >= 0.3 is 5.97 Å². The Labute approximate surface area is 84.4 Å². The Morgan fingerprint density at radius 3 is 2.79 bits per heavy atom. The molecule has 6 nitrogen and oxygen atoms in total. The zero-order valence-electron chi connectivity index (χ0n) is 7.00. The Morgan fingerprint density at radius 1 is 1.64 bits per heavy atom. The summed E-state index contributed by atoms with van der Waals surface area (Å²) in [6.07, 6.45) is -0.207. The Hall–Kier alpha value is -0.990. The maximum atomic E-state index is 10.7. The molecule has 0 aromatic carbocycles. The molecular formula is C6H8N2O4S2. The van der Waals surface area contributed by atoms with Crippen LogP contribution in [0.15, 0.2) is 5.38 Å². The summed E-state index contributed by atoms with van der Waals surface area (Å²) in [6.45, 7) is 0. The van der Waals surface area contributed by atoms with Gasteiger partial charge in [-0.1, -0.05) is 0 Å². The summed E-state index contributed by atoms with van der Waals surface area (Å²) in [5.41, 5.74) is 0.348. The van der Waals surface area contributed by atoms with E-state index < -0.39 is 16.0 Å². The summed E-state index contributed by atoms with van der Waals surface area (Å²) in [5, 5.41) is 15.0. The van der Waals surface area contributed by atoms with Crippen LogP contribution < -0.4 is 5.14 Å². The van der Waals surface area contributed by atoms with Crippen LogP contribution in [-0.2, 0) is 27.0 Å². The van der Waals surface area contributed by atoms with Crippen molar-refractivity contribution in [3.63, 3.8) is 0 Å². The largest absolute Gasteiger partial charge is 0.481 e. The Balaban J connectivity index is 2.74. The summed E-state index contributed by atoms with van der Waals surface area (Å²) < 4.78 is 21.3. The Kier molecular flexibility index (Phi) is 3.19. The fraction of sp³-hybridized carbons (Fsp3) is 0.333. The van der Waals surface area contributed by atoms with Crippen LogP contribution >= 0.6 is 11.3 Å². The zero-order valence-corrected chi connectivity index (χ0v) is 8.64. The molecule has 78 valence electrons. The van der Waals surface area contributed by atoms with Gasteiger partial charge in [0.05, 0.1) is 12.1 Å². The fourth-order valence-electron chi connectivity index (χ4n) is 0.823. The lowest BCUT2D eigenvalue weighted by Gasteiger charge is -1.91. The highest BCUT2D eigenvalue weighted by molar-refractivity contribution is 7.88. The van der Waals surface area contributed by atoms with Gasteiger partial charge in [-0.25, -0.2) is 18.5 Å². The van der Waals surface area contributed by atoms with E-state index in [2.05, 4.69) is 4.98 Å². The van der Waals surface area contributed by atoms with Crippen molar-refractivity contribution < 1.29 is 18.3 Å². The van der Waals surface area contributed by atoms with E-state index in [-0.39, 0.29) is 12.2 Å². The minimum Gasteiger partial charge on any atom is -0.481 e. The van der Waals surface area contributed by atoms with E-state index in [1.54, 1.807) is 0 Å². The van der Waals surface area contributed by atoms with Crippen molar-refractivity contribution in [2.75, 3.05) is 0 Å². The topological polar surface area (TPSA) is 110 Å². The lowest BCUT2D eigenvalue weighted by Crippen LogP contribution is -2.14. The van der Waals surface area contributed by atoms with Crippen LogP contribution in [0.2, 0.25) is 0 Å². The maximum absolute atomic E-state index is 10.7. The molecule has 0 atom stereocenters. The number of thiazole rings is 1. The minimum absolute atomic E-state index is 0.207. The van der Waals surface area contributed by atoms with E-state index in [1.807, 2.05) is 0 Å². The van der Waals surface area contributed by atoms with Crippen molar-refractivity contribution in [3.8, 4) is 0 Å². The van der Waals surface area contributed by atoms with E-state index >= 15 is 0 Å². The number of hydrogen-bond acceptors (Lipinski definition) is 5. The molecule has 1 aromatic heterocycles. The van der Waals surface area contributed by atoms with Crippen LogP contribution in [0, 0.1) is 0 Å². The second-order valence-corrected chi connectivity index (χ2v) is 5.17. The number of rotatable bonds is 4. The molecule has 0 aliphatic heterocycles. The van der Waals surface area contributed by atoms with Crippen molar-refractivity contribution in [1.82, 2.24) is 4.98 Å². The molecule has 1 aromatic rings. The molecule has 0 saturated carbocycles. The highest BCUT2D eigenvalue weighted by atomic mass is 32.2. The average Bonchev–Trinajstić information content (AvgIpc) is 2.30. The molecule has 0 saturated heterocycles. The zero-order chi connectivity index (χ0) is 10.8. The monoisotopic (exact) mass is 236 g/mol. The molecule has 0 radical (unpaired) electrons. The van der Waals surface area contributed by atoms with Crippen LogP contribution in [0.25, 0.3) is 0 Å². The number of sulfonamides is 1. The van der Waals surface area contributed by atoms with Crippen LogP contribution in [-0.4, -0.2) is 24.5 Å². The molecule has 0 spiro atoms. The molecule has 0 aliphatic carbocycles. The van der Waals surface area contributed by atoms with Crippen molar-refractivity contribution in [1.29, 1.82) is 0 Å². The predicted molar refractivity (Wildman–Crippen MR) is 50.3 cm³/mol. The second-order valence-electron chi connectivity index (χ2n) is 2.61. The van der Waals surface area contributed by atoms with Crippen molar-refractivity contribution >= 4 is 27.3 Å². The van der Waals surface area contributed by atoms with Crippen LogP contribution in [0.3, 0.4) is 0 Å². The predicted octanol–water partition coefficient (Wildman–Crippen LogP) is -0.441. The highest BCUT2D eigenvalue weighted by Crippen LogP contribution is 2.12. The fourth-order valence-corrected chi connectivity index (χ4v) is 2.58. The second kappa shape index (κ2) is 4.03. The molecule has 1 rings (SSSR count). The van der Waals surface area contributed by atoms with Crippen LogP contribution in [0.1, 0.15) is 10.7 Å². The minimum atomic E-state index is -3.59. The molecule has 1 heterocycles. The van der Waals surface area contributed by atoms with Crippen LogP contribution in [0.5, 0.6) is 0 Å². The van der Waals surface area contributed by atoms with Gasteiger partial charge < -0.3 is 5.11 Å². The van der Waals surface area contributed by atoms with Crippen molar-refractivity contribution in [2.24, 2.45) is 5.14 Å². The SMILES string of the molecule is NS(=O)(=O)Cc1nc(CC(=O)O)cs1. The highest BCUT2D eigenvalue weighted by Gasteiger charge is 2.10. The molecule has 0 amide bonds. The molecular weight excluding hydrogens is 228 g/mol. The number of aromatic nitrogens is 1. The quantitative estimate of drug-likeness (QED) is 0.736. The molecule has 0 fully saturated rings. The lowest BCUT2D eigenvalue weighted by atomic mass is 10.3. The number of aliphatic carboxylic acids is 1. The third-order valence-electron chi connectivity index (χ3n) is 1.26. The summed E-state index contributed by atoms with van der Waals surface area (Å²) in [7, 11) is -3.59. The Bertz CT molecular complexity index is 436. The number of carboxylic acids is 1. The first-order valence-electron chi connectivity index (χ1n) is 3.52. The van der Waals surface area contributed by atoms with Gasteiger partial charge in [-0.3, -0.25) is 4.79 Å². The first-order valence-corrected chi connectivity index (χ1v) is 6.12. The lowest BCUT2D eigenvalue weighted by molar-refractivity contribution is -0.136. The number of nitrogens with zero attached hydrogens (tertiary/aromatic N) is 1. The summed E-state index contributed by atoms with van der Waals surface area (Å²) >= 11 is 1.08. The maximum Gasteiger partial charge on any atom is 0.309 e. The van der Waals surface area contributed by atoms with Gasteiger partial charge in [0.2, 0.25) is 10.0 Å². The number of primary sulfonamides is 1. The summed E-state index contributed by atoms with van der Waals surface area (Å²) in [5.74, 6) is -1.35. The molecule has 3 N–H and O–H groups in total. The number of hydrogen-bond donors (Lipinski definition) is 2. The van der Waals surface area contributed by atoms with Gasteiger partial charge in [0.1, 0.15) is 10.8 Å². The Morgan fingerprint density at radius 2 is 2.29 bits per heavy atom. The van der Waals surface area contributed by atoms with E-state index in [0.29, 0.717) is 10.7 Å². The van der Waals surface area contributed by atoms with E-state index in [9.17, 15) is 13.2 Å². The molecule has 8 heteroatoms. The number of nitrogens with two attached hydrogens (primary N) is 1. The van der Waals surface area contributed by atoms with E-state index in [4.69, 9.17) is 10.2 Å². The van der Waals surface area contributed by atoms with Gasteiger partial charge in [0, 0.05) is 5.38 Å². The average molecular weight is 236 g/mol. The molecule has 14 heavy (non-hydrogen) atoms. The normalized spacial score (nSPS) is 11.5. The van der Waals surface area contributed by atoms with Gasteiger partial charge in [-0.05, 0) is 0 Å². The smallest absolute Gasteiger partial charge is 0.309 e.